The molecule has 0 fully saturated rings. The largest absolute Gasteiger partial charge is 0.327 e. The molecule has 0 aliphatic rings. The Morgan fingerprint density at radius 2 is 0.750 bits per heavy atom. The van der Waals surface area contributed by atoms with Crippen LogP contribution in [0, 0.1) is 0 Å². The van der Waals surface area contributed by atoms with Gasteiger partial charge in [-0.1, -0.05) is 12.8 Å². The van der Waals surface area contributed by atoms with Crippen LogP contribution >= 0.6 is 0 Å². The lowest BCUT2D eigenvalue weighted by Gasteiger charge is -2.34. The molecule has 0 spiro atoms. The van der Waals surface area contributed by atoms with Crippen molar-refractivity contribution in [3.63, 3.8) is 0 Å². The third-order valence-corrected chi connectivity index (χ3v) is 5.51. The number of hydrogen-bond acceptors (Lipinski definition) is 0. The van der Waals surface area contributed by atoms with Gasteiger partial charge in [0.1, 0.15) is 0 Å². The topological polar surface area (TPSA) is 0 Å². The molecule has 0 rings (SSSR count). The number of unbranched alkanes of at least 4 members (excludes halogenated alkanes) is 5. The van der Waals surface area contributed by atoms with Gasteiger partial charge in [-0.05, 0) is 53.4 Å². The lowest BCUT2D eigenvalue weighted by Crippen LogP contribution is -2.46. The maximum absolute atomic E-state index is 2.36. The van der Waals surface area contributed by atoms with Crippen LogP contribution in [0.1, 0.15) is 66.2 Å². The van der Waals surface area contributed by atoms with E-state index in [0.29, 0.717) is 0 Å². The molecule has 122 valence electrons. The molecule has 0 amide bonds. The number of hydrogen-bond donors (Lipinski definition) is 0. The highest BCUT2D eigenvalue weighted by atomic mass is 15.3. The highest BCUT2D eigenvalue weighted by Gasteiger charge is 2.19. The minimum atomic E-state index is 0.742. The summed E-state index contributed by atoms with van der Waals surface area (Å²) in [5.41, 5.74) is 0. The third kappa shape index (κ3) is 8.26. The van der Waals surface area contributed by atoms with Crippen LogP contribution < -0.4 is 0 Å². The molecule has 0 saturated carbocycles. The van der Waals surface area contributed by atoms with E-state index in [9.17, 15) is 0 Å². The maximum Gasteiger partial charge on any atom is 0.0829 e. The van der Waals surface area contributed by atoms with Crippen molar-refractivity contribution in [2.75, 3.05) is 41.3 Å². The second-order valence-electron chi connectivity index (χ2n) is 8.31. The summed E-state index contributed by atoms with van der Waals surface area (Å²) < 4.78 is 2.33. The van der Waals surface area contributed by atoms with Gasteiger partial charge in [-0.15, -0.1) is 0 Å². The summed E-state index contributed by atoms with van der Waals surface area (Å²) in [7, 11) is 9.43. The zero-order chi connectivity index (χ0) is 15.8. The van der Waals surface area contributed by atoms with Crippen LogP contribution in [0.5, 0.6) is 0 Å². The monoisotopic (exact) mass is 286 g/mol. The molecule has 0 N–H and O–H groups in total. The van der Waals surface area contributed by atoms with Gasteiger partial charge in [-0.25, -0.2) is 0 Å². The van der Waals surface area contributed by atoms with Crippen LogP contribution in [0.25, 0.3) is 0 Å². The van der Waals surface area contributed by atoms with Gasteiger partial charge in [0.05, 0.1) is 53.4 Å². The van der Waals surface area contributed by atoms with Crippen molar-refractivity contribution in [1.82, 2.24) is 0 Å². The van der Waals surface area contributed by atoms with Crippen LogP contribution in [0.15, 0.2) is 0 Å². The summed E-state index contributed by atoms with van der Waals surface area (Å²) in [5, 5.41) is 0. The SMILES string of the molecule is CC(C)[N+](C)(C)CCCCCCCC[N+](C)(C)C(C)C. The lowest BCUT2D eigenvalue weighted by atomic mass is 10.1. The fourth-order valence-corrected chi connectivity index (χ4v) is 2.26. The molecule has 2 nitrogen and oxygen atoms in total. The molecule has 0 radical (unpaired) electrons. The molecule has 0 atom stereocenters. The van der Waals surface area contributed by atoms with Gasteiger partial charge in [-0.3, -0.25) is 0 Å². The second kappa shape index (κ2) is 9.04. The van der Waals surface area contributed by atoms with Crippen molar-refractivity contribution >= 4 is 0 Å². The molecule has 0 aliphatic heterocycles. The molecule has 0 aromatic heterocycles. The zero-order valence-corrected chi connectivity index (χ0v) is 15.7. The average molecular weight is 287 g/mol. The van der Waals surface area contributed by atoms with E-state index in [0.717, 1.165) is 12.1 Å². The van der Waals surface area contributed by atoms with E-state index in [-0.39, 0.29) is 0 Å². The molecule has 0 aromatic rings. The zero-order valence-electron chi connectivity index (χ0n) is 15.7. The van der Waals surface area contributed by atoms with E-state index in [4.69, 9.17) is 0 Å². The summed E-state index contributed by atoms with van der Waals surface area (Å²) in [6.45, 7) is 12.0. The highest BCUT2D eigenvalue weighted by molar-refractivity contribution is 4.48. The number of nitrogens with zero attached hydrogens (tertiary/aromatic N) is 2. The van der Waals surface area contributed by atoms with Crippen molar-refractivity contribution in [2.24, 2.45) is 0 Å². The molecule has 0 unspecified atom stereocenters. The molecular weight excluding hydrogens is 244 g/mol. The highest BCUT2D eigenvalue weighted by Crippen LogP contribution is 2.13. The predicted octanol–water partition coefficient (Wildman–Crippen LogP) is 4.30. The van der Waals surface area contributed by atoms with Crippen molar-refractivity contribution < 1.29 is 8.97 Å². The van der Waals surface area contributed by atoms with E-state index < -0.39 is 0 Å². The second-order valence-corrected chi connectivity index (χ2v) is 8.31. The average Bonchev–Trinajstić information content (AvgIpc) is 2.31. The van der Waals surface area contributed by atoms with Crippen molar-refractivity contribution in [2.45, 2.75) is 78.3 Å². The molecule has 0 aliphatic carbocycles. The van der Waals surface area contributed by atoms with Crippen molar-refractivity contribution in [1.29, 1.82) is 0 Å². The Morgan fingerprint density at radius 3 is 1.00 bits per heavy atom. The van der Waals surface area contributed by atoms with Gasteiger partial charge >= 0.3 is 0 Å². The molecule has 2 heteroatoms. The summed E-state index contributed by atoms with van der Waals surface area (Å²) in [4.78, 5) is 0. The minimum absolute atomic E-state index is 0.742. The molecule has 20 heavy (non-hydrogen) atoms. The van der Waals surface area contributed by atoms with Crippen LogP contribution in [0.2, 0.25) is 0 Å². The first-order valence-corrected chi connectivity index (χ1v) is 8.75. The van der Waals surface area contributed by atoms with Crippen LogP contribution in [0.4, 0.5) is 0 Å². The van der Waals surface area contributed by atoms with Gasteiger partial charge in [0.2, 0.25) is 0 Å². The third-order valence-electron chi connectivity index (χ3n) is 5.51. The first-order valence-electron chi connectivity index (χ1n) is 8.75. The number of quaternary nitrogens is 2. The summed E-state index contributed by atoms with van der Waals surface area (Å²) >= 11 is 0. The summed E-state index contributed by atoms with van der Waals surface area (Å²) in [5.74, 6) is 0. The fraction of sp³-hybridized carbons (Fsp3) is 1.00. The quantitative estimate of drug-likeness (QED) is 0.392. The van der Waals surface area contributed by atoms with Crippen LogP contribution in [-0.4, -0.2) is 62.3 Å². The van der Waals surface area contributed by atoms with Gasteiger partial charge in [0, 0.05) is 0 Å². The molecule has 0 saturated heterocycles. The molecule has 0 aromatic carbocycles. The molecule has 0 bridgehead atoms. The molecular formula is C18H42N2+2. The van der Waals surface area contributed by atoms with Gasteiger partial charge in [-0.2, -0.15) is 0 Å². The Kier molecular flexibility index (Phi) is 9.01. The van der Waals surface area contributed by atoms with Gasteiger partial charge in [0.15, 0.2) is 0 Å². The lowest BCUT2D eigenvalue weighted by molar-refractivity contribution is -0.911. The Hall–Kier alpha value is -0.0800. The minimum Gasteiger partial charge on any atom is -0.327 e. The van der Waals surface area contributed by atoms with E-state index >= 15 is 0 Å². The Morgan fingerprint density at radius 1 is 0.500 bits per heavy atom. The normalized spacial score (nSPS) is 13.5. The predicted molar refractivity (Wildman–Crippen MR) is 91.9 cm³/mol. The van der Waals surface area contributed by atoms with Crippen molar-refractivity contribution in [3.05, 3.63) is 0 Å². The smallest absolute Gasteiger partial charge is 0.0829 e. The Balaban J connectivity index is 3.51. The Bertz CT molecular complexity index is 216. The summed E-state index contributed by atoms with van der Waals surface area (Å²) in [6, 6.07) is 1.48. The maximum atomic E-state index is 2.36. The van der Waals surface area contributed by atoms with Crippen LogP contribution in [-0.2, 0) is 0 Å². The first kappa shape index (κ1) is 19.9. The first-order chi connectivity index (χ1) is 9.09. The standard InChI is InChI=1S/C18H42N2/c1-17(2)19(5,6)15-13-11-9-10-12-14-16-20(7,8)18(3)4/h17-18H,9-16H2,1-8H3/q+2. The van der Waals surface area contributed by atoms with Crippen molar-refractivity contribution in [3.8, 4) is 0 Å². The fourth-order valence-electron chi connectivity index (χ4n) is 2.26. The van der Waals surface area contributed by atoms with E-state index in [1.807, 2.05) is 0 Å². The number of rotatable bonds is 11. The van der Waals surface area contributed by atoms with Crippen LogP contribution in [0.3, 0.4) is 0 Å². The molecule has 0 heterocycles. The Labute approximate surface area is 129 Å². The van der Waals surface area contributed by atoms with Gasteiger partial charge in [0.25, 0.3) is 0 Å². The van der Waals surface area contributed by atoms with E-state index in [1.165, 1.54) is 60.6 Å². The van der Waals surface area contributed by atoms with Gasteiger partial charge < -0.3 is 8.97 Å². The van der Waals surface area contributed by atoms with E-state index in [1.54, 1.807) is 0 Å². The van der Waals surface area contributed by atoms with E-state index in [2.05, 4.69) is 55.9 Å². The summed E-state index contributed by atoms with van der Waals surface area (Å²) in [6.07, 6.45) is 8.45.